The molecule has 0 bridgehead atoms. The number of aryl methyl sites for hydroxylation is 2. The summed E-state index contributed by atoms with van der Waals surface area (Å²) in [4.78, 5) is 32.4. The van der Waals surface area contributed by atoms with Crippen LogP contribution in [-0.4, -0.2) is 46.7 Å². The monoisotopic (exact) mass is 499 g/mol. The minimum Gasteiger partial charge on any atom is -0.497 e. The first kappa shape index (κ1) is 25.7. The smallest absolute Gasteiger partial charge is 0.280 e. The second kappa shape index (κ2) is 12.5. The van der Waals surface area contributed by atoms with Gasteiger partial charge in [-0.25, -0.2) is 4.98 Å². The lowest BCUT2D eigenvalue weighted by Crippen LogP contribution is -2.35. The number of nitrogens with zero attached hydrogens (tertiary/aromatic N) is 2. The van der Waals surface area contributed by atoms with Gasteiger partial charge >= 0.3 is 0 Å². The molecule has 0 aliphatic heterocycles. The molecule has 180 valence electrons. The number of hydrogen-bond donors (Lipinski definition) is 2. The predicted molar refractivity (Wildman–Crippen MR) is 136 cm³/mol. The average Bonchev–Trinajstić information content (AvgIpc) is 3.23. The van der Waals surface area contributed by atoms with Crippen LogP contribution in [0.1, 0.15) is 44.0 Å². The summed E-state index contributed by atoms with van der Waals surface area (Å²) in [6.45, 7) is 2.51. The SMILES string of the molecule is COc1ccc(C(O)C(=O)N(CCCc2ccccc2)Cc2nc(C(=O)NSC)c(C)s2)cc1. The third kappa shape index (κ3) is 6.82. The summed E-state index contributed by atoms with van der Waals surface area (Å²) in [5.74, 6) is -0.00801. The fourth-order valence-corrected chi connectivity index (χ4v) is 4.75. The van der Waals surface area contributed by atoms with Crippen molar-refractivity contribution in [3.8, 4) is 5.75 Å². The molecule has 0 fully saturated rings. The van der Waals surface area contributed by atoms with Crippen LogP contribution in [0.5, 0.6) is 5.75 Å². The Kier molecular flexibility index (Phi) is 9.50. The van der Waals surface area contributed by atoms with Crippen molar-refractivity contribution in [2.75, 3.05) is 19.9 Å². The molecule has 1 atom stereocenters. The zero-order valence-corrected chi connectivity index (χ0v) is 21.1. The molecule has 1 aromatic heterocycles. The van der Waals surface area contributed by atoms with Crippen LogP contribution in [0.4, 0.5) is 0 Å². The van der Waals surface area contributed by atoms with E-state index in [2.05, 4.69) is 21.8 Å². The van der Waals surface area contributed by atoms with E-state index in [1.54, 1.807) is 42.5 Å². The van der Waals surface area contributed by atoms with Gasteiger partial charge < -0.3 is 14.7 Å². The quantitative estimate of drug-likeness (QED) is 0.385. The van der Waals surface area contributed by atoms with Crippen LogP contribution in [0.25, 0.3) is 0 Å². The van der Waals surface area contributed by atoms with Crippen LogP contribution < -0.4 is 9.46 Å². The molecule has 0 radical (unpaired) electrons. The van der Waals surface area contributed by atoms with E-state index >= 15 is 0 Å². The predicted octanol–water partition coefficient (Wildman–Crippen LogP) is 4.16. The summed E-state index contributed by atoms with van der Waals surface area (Å²) in [6.07, 6.45) is 2.01. The molecule has 9 heteroatoms. The maximum absolute atomic E-state index is 13.3. The number of benzene rings is 2. The van der Waals surface area contributed by atoms with Gasteiger partial charge in [0.1, 0.15) is 16.5 Å². The van der Waals surface area contributed by atoms with Crippen LogP contribution in [0.3, 0.4) is 0 Å². The Morgan fingerprint density at radius 3 is 2.53 bits per heavy atom. The number of thiazole rings is 1. The van der Waals surface area contributed by atoms with Crippen molar-refractivity contribution in [2.45, 2.75) is 32.4 Å². The van der Waals surface area contributed by atoms with E-state index in [1.807, 2.05) is 25.1 Å². The van der Waals surface area contributed by atoms with Crippen molar-refractivity contribution in [3.05, 3.63) is 81.3 Å². The number of aromatic nitrogens is 1. The van der Waals surface area contributed by atoms with Gasteiger partial charge in [0, 0.05) is 17.7 Å². The maximum Gasteiger partial charge on any atom is 0.280 e. The molecule has 3 aromatic rings. The molecule has 1 heterocycles. The number of carbonyl (C=O) groups is 2. The van der Waals surface area contributed by atoms with E-state index in [1.165, 1.54) is 28.8 Å². The fraction of sp³-hybridized carbons (Fsp3) is 0.320. The highest BCUT2D eigenvalue weighted by Crippen LogP contribution is 2.24. The second-order valence-corrected chi connectivity index (χ2v) is 9.57. The number of nitrogens with one attached hydrogen (secondary N) is 1. The number of rotatable bonds is 11. The highest BCUT2D eigenvalue weighted by Gasteiger charge is 2.26. The normalized spacial score (nSPS) is 11.6. The maximum atomic E-state index is 13.3. The van der Waals surface area contributed by atoms with Crippen LogP contribution in [0, 0.1) is 6.92 Å². The molecule has 0 aliphatic rings. The third-order valence-electron chi connectivity index (χ3n) is 5.29. The van der Waals surface area contributed by atoms with Gasteiger partial charge in [-0.1, -0.05) is 54.4 Å². The minimum atomic E-state index is -1.30. The van der Waals surface area contributed by atoms with E-state index in [9.17, 15) is 14.7 Å². The lowest BCUT2D eigenvalue weighted by atomic mass is 10.1. The van der Waals surface area contributed by atoms with Crippen LogP contribution in [0.2, 0.25) is 0 Å². The van der Waals surface area contributed by atoms with E-state index in [4.69, 9.17) is 4.74 Å². The number of aliphatic hydroxyl groups excluding tert-OH is 1. The number of carbonyl (C=O) groups excluding carboxylic acids is 2. The zero-order valence-electron chi connectivity index (χ0n) is 19.5. The molecule has 2 N–H and O–H groups in total. The standard InChI is InChI=1S/C25H29N3O4S2/c1-17-22(24(30)27-33-3)26-21(34-17)16-28(15-7-10-18-8-5-4-6-9-18)25(31)23(29)19-11-13-20(32-2)14-12-19/h4-6,8-9,11-14,23,29H,7,10,15-16H2,1-3H3,(H,27,30). The van der Waals surface area contributed by atoms with Gasteiger partial charge in [0.05, 0.1) is 13.7 Å². The largest absolute Gasteiger partial charge is 0.497 e. The molecular weight excluding hydrogens is 470 g/mol. The Morgan fingerprint density at radius 1 is 1.18 bits per heavy atom. The molecule has 34 heavy (non-hydrogen) atoms. The summed E-state index contributed by atoms with van der Waals surface area (Å²) in [7, 11) is 1.56. The summed E-state index contributed by atoms with van der Waals surface area (Å²) < 4.78 is 7.85. The van der Waals surface area contributed by atoms with Crippen molar-refractivity contribution < 1.29 is 19.4 Å². The van der Waals surface area contributed by atoms with Crippen molar-refractivity contribution >= 4 is 35.1 Å². The van der Waals surface area contributed by atoms with E-state index in [0.717, 1.165) is 17.7 Å². The fourth-order valence-electron chi connectivity index (χ4n) is 3.52. The summed E-state index contributed by atoms with van der Waals surface area (Å²) in [5.41, 5.74) is 2.04. The van der Waals surface area contributed by atoms with Crippen LogP contribution >= 0.6 is 23.3 Å². The summed E-state index contributed by atoms with van der Waals surface area (Å²) >= 11 is 2.60. The molecule has 7 nitrogen and oxygen atoms in total. The lowest BCUT2D eigenvalue weighted by Gasteiger charge is -2.25. The van der Waals surface area contributed by atoms with Gasteiger partial charge in [0.15, 0.2) is 6.10 Å². The summed E-state index contributed by atoms with van der Waals surface area (Å²) in [6, 6.07) is 16.9. The molecule has 0 spiro atoms. The molecule has 2 aromatic carbocycles. The van der Waals surface area contributed by atoms with Gasteiger partial charge in [0.2, 0.25) is 0 Å². The van der Waals surface area contributed by atoms with Crippen molar-refractivity contribution in [1.82, 2.24) is 14.6 Å². The molecule has 0 saturated heterocycles. The van der Waals surface area contributed by atoms with Gasteiger partial charge in [-0.3, -0.25) is 14.3 Å². The molecule has 3 rings (SSSR count). The average molecular weight is 500 g/mol. The Balaban J connectivity index is 1.77. The Hall–Kier alpha value is -2.88. The number of hydrogen-bond acceptors (Lipinski definition) is 7. The van der Waals surface area contributed by atoms with Gasteiger partial charge in [-0.15, -0.1) is 11.3 Å². The first-order valence-corrected chi connectivity index (χ1v) is 12.9. The Morgan fingerprint density at radius 2 is 1.88 bits per heavy atom. The Labute approximate surface area is 208 Å². The molecular formula is C25H29N3O4S2. The van der Waals surface area contributed by atoms with Crippen molar-refractivity contribution in [3.63, 3.8) is 0 Å². The van der Waals surface area contributed by atoms with Crippen LogP contribution in [0.15, 0.2) is 54.6 Å². The minimum absolute atomic E-state index is 0.221. The molecule has 1 unspecified atom stereocenters. The van der Waals surface area contributed by atoms with Crippen molar-refractivity contribution in [1.29, 1.82) is 0 Å². The second-order valence-electron chi connectivity index (χ2n) is 7.67. The molecule has 0 aliphatic carbocycles. The van der Waals surface area contributed by atoms with Crippen molar-refractivity contribution in [2.24, 2.45) is 0 Å². The molecule has 2 amide bonds. The number of ether oxygens (including phenoxy) is 1. The molecule has 0 saturated carbocycles. The number of aliphatic hydroxyl groups is 1. The number of amides is 2. The highest BCUT2D eigenvalue weighted by atomic mass is 32.2. The van der Waals surface area contributed by atoms with E-state index in [0.29, 0.717) is 28.6 Å². The number of methoxy groups -OCH3 is 1. The topological polar surface area (TPSA) is 91.8 Å². The first-order chi connectivity index (χ1) is 16.4. The van der Waals surface area contributed by atoms with Gasteiger partial charge in [-0.2, -0.15) is 0 Å². The summed E-state index contributed by atoms with van der Waals surface area (Å²) in [5, 5.41) is 11.5. The lowest BCUT2D eigenvalue weighted by molar-refractivity contribution is -0.141. The van der Waals surface area contributed by atoms with Crippen LogP contribution in [-0.2, 0) is 17.8 Å². The first-order valence-electron chi connectivity index (χ1n) is 10.9. The highest BCUT2D eigenvalue weighted by molar-refractivity contribution is 7.97. The van der Waals surface area contributed by atoms with Gasteiger partial charge in [0.25, 0.3) is 11.8 Å². The van der Waals surface area contributed by atoms with Gasteiger partial charge in [-0.05, 0) is 43.0 Å². The third-order valence-corrected chi connectivity index (χ3v) is 6.64. The van der Waals surface area contributed by atoms with E-state index < -0.39 is 12.0 Å². The zero-order chi connectivity index (χ0) is 24.5. The van der Waals surface area contributed by atoms with E-state index in [-0.39, 0.29) is 12.5 Å². The Bertz CT molecular complexity index is 1090.